The summed E-state index contributed by atoms with van der Waals surface area (Å²) >= 11 is 1.73. The van der Waals surface area contributed by atoms with Crippen molar-refractivity contribution >= 4 is 11.8 Å². The fourth-order valence-corrected chi connectivity index (χ4v) is 2.18. The summed E-state index contributed by atoms with van der Waals surface area (Å²) in [6.07, 6.45) is -0.613. The Morgan fingerprint density at radius 2 is 1.70 bits per heavy atom. The second-order valence-corrected chi connectivity index (χ2v) is 3.81. The van der Waals surface area contributed by atoms with Crippen LogP contribution in [-0.4, -0.2) is 38.7 Å². The maximum absolute atomic E-state index is 9.44. The van der Waals surface area contributed by atoms with E-state index in [-0.39, 0.29) is 0 Å². The van der Waals surface area contributed by atoms with Crippen LogP contribution in [-0.2, 0) is 0 Å². The highest BCUT2D eigenvalue weighted by atomic mass is 32.2. The SMILES string of the molecule is OC(O)C1(O)CCSCC1. The monoisotopic (exact) mass is 164 g/mol. The normalized spacial score (nSPS) is 25.2. The lowest BCUT2D eigenvalue weighted by Gasteiger charge is -2.32. The summed E-state index contributed by atoms with van der Waals surface area (Å²) in [4.78, 5) is 0. The van der Waals surface area contributed by atoms with Crippen molar-refractivity contribution in [1.29, 1.82) is 0 Å². The molecule has 4 heteroatoms. The molecule has 0 spiro atoms. The standard InChI is InChI=1S/C6H12O3S/c7-5(8)6(9)1-3-10-4-2-6/h5,7-9H,1-4H2. The van der Waals surface area contributed by atoms with Crippen LogP contribution in [0.4, 0.5) is 0 Å². The van der Waals surface area contributed by atoms with Gasteiger partial charge in [0.2, 0.25) is 0 Å². The molecule has 0 aromatic rings. The third-order valence-corrected chi connectivity index (χ3v) is 2.82. The molecule has 1 aliphatic heterocycles. The maximum Gasteiger partial charge on any atom is 0.181 e. The molecule has 1 fully saturated rings. The molecule has 0 atom stereocenters. The van der Waals surface area contributed by atoms with Gasteiger partial charge in [0.25, 0.3) is 0 Å². The van der Waals surface area contributed by atoms with Crippen molar-refractivity contribution in [2.45, 2.75) is 24.7 Å². The minimum Gasteiger partial charge on any atom is -0.385 e. The highest BCUT2D eigenvalue weighted by Gasteiger charge is 2.35. The zero-order chi connectivity index (χ0) is 7.61. The third-order valence-electron chi connectivity index (χ3n) is 1.84. The van der Waals surface area contributed by atoms with Crippen LogP contribution >= 0.6 is 11.8 Å². The van der Waals surface area contributed by atoms with Crippen molar-refractivity contribution in [2.24, 2.45) is 0 Å². The summed E-state index contributed by atoms with van der Waals surface area (Å²) in [6.45, 7) is 0. The van der Waals surface area contributed by atoms with E-state index in [0.29, 0.717) is 12.8 Å². The predicted octanol–water partition coefficient (Wildman–Crippen LogP) is -0.445. The Labute approximate surface area is 64.1 Å². The van der Waals surface area contributed by atoms with Gasteiger partial charge in [0, 0.05) is 0 Å². The summed E-state index contributed by atoms with van der Waals surface area (Å²) in [5.74, 6) is 1.63. The third kappa shape index (κ3) is 1.63. The first-order valence-electron chi connectivity index (χ1n) is 3.31. The average Bonchev–Trinajstić information content (AvgIpc) is 1.89. The average molecular weight is 164 g/mol. The van der Waals surface area contributed by atoms with E-state index in [1.165, 1.54) is 0 Å². The number of rotatable bonds is 1. The van der Waals surface area contributed by atoms with Crippen molar-refractivity contribution < 1.29 is 15.3 Å². The van der Waals surface area contributed by atoms with Gasteiger partial charge in [0.05, 0.1) is 0 Å². The van der Waals surface area contributed by atoms with Gasteiger partial charge in [-0.05, 0) is 24.3 Å². The molecule has 0 amide bonds. The van der Waals surface area contributed by atoms with E-state index < -0.39 is 11.9 Å². The Balaban J connectivity index is 2.48. The van der Waals surface area contributed by atoms with E-state index in [9.17, 15) is 5.11 Å². The van der Waals surface area contributed by atoms with Gasteiger partial charge in [-0.1, -0.05) is 0 Å². The fourth-order valence-electron chi connectivity index (χ4n) is 0.983. The van der Waals surface area contributed by atoms with Crippen LogP contribution in [0, 0.1) is 0 Å². The van der Waals surface area contributed by atoms with E-state index >= 15 is 0 Å². The van der Waals surface area contributed by atoms with Crippen molar-refractivity contribution in [3.8, 4) is 0 Å². The molecule has 0 radical (unpaired) electrons. The van der Waals surface area contributed by atoms with Crippen LogP contribution in [0.1, 0.15) is 12.8 Å². The lowest BCUT2D eigenvalue weighted by atomic mass is 9.96. The van der Waals surface area contributed by atoms with Crippen molar-refractivity contribution in [2.75, 3.05) is 11.5 Å². The Bertz CT molecular complexity index is 110. The molecule has 1 heterocycles. The molecule has 0 unspecified atom stereocenters. The van der Waals surface area contributed by atoms with Gasteiger partial charge in [-0.15, -0.1) is 0 Å². The number of aliphatic hydroxyl groups is 3. The summed E-state index contributed by atoms with van der Waals surface area (Å²) in [5.41, 5.74) is -1.23. The molecule has 0 saturated carbocycles. The Kier molecular flexibility index (Phi) is 2.57. The summed E-state index contributed by atoms with van der Waals surface area (Å²) in [7, 11) is 0. The van der Waals surface area contributed by atoms with E-state index in [1.807, 2.05) is 0 Å². The van der Waals surface area contributed by atoms with Crippen LogP contribution in [0.2, 0.25) is 0 Å². The molecular weight excluding hydrogens is 152 g/mol. The summed E-state index contributed by atoms with van der Waals surface area (Å²) < 4.78 is 0. The zero-order valence-electron chi connectivity index (χ0n) is 5.66. The summed E-state index contributed by atoms with van der Waals surface area (Å²) in [5, 5.41) is 26.9. The fraction of sp³-hybridized carbons (Fsp3) is 1.00. The number of aliphatic hydroxyl groups excluding tert-OH is 1. The molecule has 1 rings (SSSR count). The molecule has 3 nitrogen and oxygen atoms in total. The Hall–Kier alpha value is 0.230. The topological polar surface area (TPSA) is 60.7 Å². The summed E-state index contributed by atoms with van der Waals surface area (Å²) in [6, 6.07) is 0. The van der Waals surface area contributed by atoms with Gasteiger partial charge in [-0.3, -0.25) is 0 Å². The number of thioether (sulfide) groups is 1. The molecule has 10 heavy (non-hydrogen) atoms. The minimum atomic E-state index is -1.58. The van der Waals surface area contributed by atoms with E-state index in [0.717, 1.165) is 11.5 Å². The van der Waals surface area contributed by atoms with Crippen LogP contribution < -0.4 is 0 Å². The van der Waals surface area contributed by atoms with E-state index in [4.69, 9.17) is 10.2 Å². The molecule has 1 aliphatic rings. The van der Waals surface area contributed by atoms with Crippen molar-refractivity contribution in [3.05, 3.63) is 0 Å². The minimum absolute atomic E-state index is 0.481. The molecule has 1 saturated heterocycles. The first-order chi connectivity index (χ1) is 4.65. The van der Waals surface area contributed by atoms with Crippen molar-refractivity contribution in [3.63, 3.8) is 0 Å². The van der Waals surface area contributed by atoms with E-state index in [1.54, 1.807) is 11.8 Å². The van der Waals surface area contributed by atoms with Gasteiger partial charge < -0.3 is 15.3 Å². The van der Waals surface area contributed by atoms with Gasteiger partial charge in [0.15, 0.2) is 6.29 Å². The smallest absolute Gasteiger partial charge is 0.181 e. The van der Waals surface area contributed by atoms with Gasteiger partial charge >= 0.3 is 0 Å². The lowest BCUT2D eigenvalue weighted by Crippen LogP contribution is -2.45. The van der Waals surface area contributed by atoms with Gasteiger partial charge in [-0.25, -0.2) is 0 Å². The van der Waals surface area contributed by atoms with Crippen LogP contribution in [0.15, 0.2) is 0 Å². The van der Waals surface area contributed by atoms with Crippen LogP contribution in [0.5, 0.6) is 0 Å². The number of hydrogen-bond donors (Lipinski definition) is 3. The second kappa shape index (κ2) is 3.09. The largest absolute Gasteiger partial charge is 0.385 e. The quantitative estimate of drug-likeness (QED) is 0.460. The molecular formula is C6H12O3S. The van der Waals surface area contributed by atoms with Gasteiger partial charge in [-0.2, -0.15) is 11.8 Å². The first-order valence-corrected chi connectivity index (χ1v) is 4.47. The molecule has 60 valence electrons. The molecule has 3 N–H and O–H groups in total. The predicted molar refractivity (Wildman–Crippen MR) is 39.7 cm³/mol. The molecule has 0 aromatic heterocycles. The van der Waals surface area contributed by atoms with Crippen LogP contribution in [0.3, 0.4) is 0 Å². The van der Waals surface area contributed by atoms with Gasteiger partial charge in [0.1, 0.15) is 5.60 Å². The zero-order valence-corrected chi connectivity index (χ0v) is 6.47. The lowest BCUT2D eigenvalue weighted by molar-refractivity contribution is -0.186. The van der Waals surface area contributed by atoms with Crippen LogP contribution in [0.25, 0.3) is 0 Å². The molecule has 0 aliphatic carbocycles. The first kappa shape index (κ1) is 8.33. The molecule has 0 bridgehead atoms. The van der Waals surface area contributed by atoms with E-state index in [2.05, 4.69) is 0 Å². The Morgan fingerprint density at radius 3 is 2.00 bits per heavy atom. The number of hydrogen-bond acceptors (Lipinski definition) is 4. The highest BCUT2D eigenvalue weighted by Crippen LogP contribution is 2.28. The van der Waals surface area contributed by atoms with Crippen molar-refractivity contribution in [1.82, 2.24) is 0 Å². The molecule has 0 aromatic carbocycles. The Morgan fingerprint density at radius 1 is 1.20 bits per heavy atom. The second-order valence-electron chi connectivity index (χ2n) is 2.59. The maximum atomic E-state index is 9.44. The highest BCUT2D eigenvalue weighted by molar-refractivity contribution is 7.99.